The van der Waals surface area contributed by atoms with Gasteiger partial charge in [-0.2, -0.15) is 5.26 Å². The third-order valence-corrected chi connectivity index (χ3v) is 4.61. The molecule has 0 saturated carbocycles. The van der Waals surface area contributed by atoms with Crippen LogP contribution in [-0.4, -0.2) is 49.5 Å². The molecule has 1 aromatic carbocycles. The van der Waals surface area contributed by atoms with Gasteiger partial charge in [-0.15, -0.1) is 0 Å². The van der Waals surface area contributed by atoms with Crippen molar-refractivity contribution in [3.63, 3.8) is 0 Å². The van der Waals surface area contributed by atoms with Gasteiger partial charge in [-0.1, -0.05) is 12.1 Å². The first-order valence-corrected chi connectivity index (χ1v) is 8.80. The van der Waals surface area contributed by atoms with Crippen molar-refractivity contribution < 1.29 is 9.53 Å². The molecule has 0 spiro atoms. The SMILES string of the molecule is N#Cc1nccnc1O[C@H]1CCCN(C(=O)Cn2cnc3ccccc32)C1. The molecule has 8 heteroatoms. The van der Waals surface area contributed by atoms with E-state index in [0.717, 1.165) is 23.9 Å². The van der Waals surface area contributed by atoms with Crippen molar-refractivity contribution in [1.29, 1.82) is 5.26 Å². The molecule has 0 radical (unpaired) electrons. The lowest BCUT2D eigenvalue weighted by atomic mass is 10.1. The molecule has 27 heavy (non-hydrogen) atoms. The van der Waals surface area contributed by atoms with Gasteiger partial charge < -0.3 is 14.2 Å². The molecule has 1 amide bonds. The van der Waals surface area contributed by atoms with Gasteiger partial charge in [-0.3, -0.25) is 4.79 Å². The number of nitriles is 1. The van der Waals surface area contributed by atoms with Gasteiger partial charge in [0.15, 0.2) is 0 Å². The van der Waals surface area contributed by atoms with Crippen LogP contribution in [0.15, 0.2) is 43.0 Å². The Kier molecular flexibility index (Phi) is 4.66. The van der Waals surface area contributed by atoms with Gasteiger partial charge in [0.05, 0.1) is 23.9 Å². The van der Waals surface area contributed by atoms with E-state index in [4.69, 9.17) is 10.00 Å². The number of carbonyl (C=O) groups is 1. The average molecular weight is 362 g/mol. The molecule has 1 aliphatic heterocycles. The summed E-state index contributed by atoms with van der Waals surface area (Å²) in [5.74, 6) is 0.242. The standard InChI is InChI=1S/C19H18N6O2/c20-10-16-19(22-8-7-21-16)27-14-4-3-9-24(11-14)18(26)12-25-13-23-15-5-1-2-6-17(15)25/h1-2,5-8,13-14H,3-4,9,11-12H2/t14-/m0/s1. The van der Waals surface area contributed by atoms with E-state index in [0.29, 0.717) is 13.1 Å². The van der Waals surface area contributed by atoms with Crippen LogP contribution in [0, 0.1) is 11.3 Å². The normalized spacial score (nSPS) is 16.9. The predicted octanol–water partition coefficient (Wildman–Crippen LogP) is 1.77. The van der Waals surface area contributed by atoms with Gasteiger partial charge in [-0.05, 0) is 25.0 Å². The molecule has 1 aliphatic rings. The Balaban J connectivity index is 1.43. The van der Waals surface area contributed by atoms with Crippen molar-refractivity contribution in [3.05, 3.63) is 48.7 Å². The quantitative estimate of drug-likeness (QED) is 0.702. The van der Waals surface area contributed by atoms with Crippen LogP contribution in [0.1, 0.15) is 18.5 Å². The predicted molar refractivity (Wildman–Crippen MR) is 96.7 cm³/mol. The molecule has 0 aliphatic carbocycles. The molecule has 1 atom stereocenters. The first-order valence-electron chi connectivity index (χ1n) is 8.80. The third-order valence-electron chi connectivity index (χ3n) is 4.61. The van der Waals surface area contributed by atoms with E-state index in [1.165, 1.54) is 12.4 Å². The number of nitrogens with zero attached hydrogens (tertiary/aromatic N) is 6. The van der Waals surface area contributed by atoms with E-state index in [-0.39, 0.29) is 30.1 Å². The molecule has 0 bridgehead atoms. The molecule has 0 unspecified atom stereocenters. The van der Waals surface area contributed by atoms with Gasteiger partial charge in [0.2, 0.25) is 11.6 Å². The zero-order valence-corrected chi connectivity index (χ0v) is 14.7. The molecule has 1 fully saturated rings. The Hall–Kier alpha value is -3.47. The summed E-state index contributed by atoms with van der Waals surface area (Å²) in [6.45, 7) is 1.39. The van der Waals surface area contributed by atoms with Crippen molar-refractivity contribution in [2.45, 2.75) is 25.5 Å². The molecule has 3 aromatic rings. The highest BCUT2D eigenvalue weighted by atomic mass is 16.5. The van der Waals surface area contributed by atoms with Crippen LogP contribution < -0.4 is 4.74 Å². The second kappa shape index (κ2) is 7.41. The highest BCUT2D eigenvalue weighted by molar-refractivity contribution is 5.80. The monoisotopic (exact) mass is 362 g/mol. The van der Waals surface area contributed by atoms with E-state index < -0.39 is 0 Å². The summed E-state index contributed by atoms with van der Waals surface area (Å²) in [6, 6.07) is 9.72. The number of ether oxygens (including phenoxy) is 1. The lowest BCUT2D eigenvalue weighted by Gasteiger charge is -2.32. The number of hydrogen-bond donors (Lipinski definition) is 0. The number of imidazole rings is 1. The maximum atomic E-state index is 12.8. The zero-order valence-electron chi connectivity index (χ0n) is 14.7. The van der Waals surface area contributed by atoms with Crippen LogP contribution >= 0.6 is 0 Å². The molecule has 4 rings (SSSR count). The van der Waals surface area contributed by atoms with Crippen LogP contribution in [0.2, 0.25) is 0 Å². The topological polar surface area (TPSA) is 96.9 Å². The summed E-state index contributed by atoms with van der Waals surface area (Å²) in [7, 11) is 0. The number of rotatable bonds is 4. The molecular weight excluding hydrogens is 344 g/mol. The summed E-state index contributed by atoms with van der Waals surface area (Å²) in [4.78, 5) is 26.9. The van der Waals surface area contributed by atoms with Gasteiger partial charge in [0, 0.05) is 18.9 Å². The van der Waals surface area contributed by atoms with Crippen LogP contribution in [0.5, 0.6) is 5.88 Å². The molecule has 3 heterocycles. The van der Waals surface area contributed by atoms with Gasteiger partial charge in [0.1, 0.15) is 18.7 Å². The molecule has 8 nitrogen and oxygen atoms in total. The van der Waals surface area contributed by atoms with Gasteiger partial charge in [0.25, 0.3) is 5.88 Å². The van der Waals surface area contributed by atoms with E-state index in [9.17, 15) is 4.79 Å². The van der Waals surface area contributed by atoms with E-state index in [1.807, 2.05) is 34.9 Å². The van der Waals surface area contributed by atoms with Gasteiger partial charge >= 0.3 is 0 Å². The molecular formula is C19H18N6O2. The number of fused-ring (bicyclic) bond motifs is 1. The summed E-state index contributed by atoms with van der Waals surface area (Å²) in [5.41, 5.74) is 1.97. The minimum absolute atomic E-state index is 0.0195. The number of benzene rings is 1. The largest absolute Gasteiger partial charge is 0.470 e. The highest BCUT2D eigenvalue weighted by Gasteiger charge is 2.26. The van der Waals surface area contributed by atoms with Crippen molar-refractivity contribution >= 4 is 16.9 Å². The van der Waals surface area contributed by atoms with E-state index in [1.54, 1.807) is 11.2 Å². The Morgan fingerprint density at radius 3 is 3.00 bits per heavy atom. The van der Waals surface area contributed by atoms with E-state index >= 15 is 0 Å². The fraction of sp³-hybridized carbons (Fsp3) is 0.316. The lowest BCUT2D eigenvalue weighted by molar-refractivity contribution is -0.134. The van der Waals surface area contributed by atoms with Crippen molar-refractivity contribution in [2.75, 3.05) is 13.1 Å². The Bertz CT molecular complexity index is 1010. The minimum Gasteiger partial charge on any atom is -0.470 e. The van der Waals surface area contributed by atoms with Crippen molar-refractivity contribution in [3.8, 4) is 11.9 Å². The van der Waals surface area contributed by atoms with Gasteiger partial charge in [-0.25, -0.2) is 15.0 Å². The second-order valence-corrected chi connectivity index (χ2v) is 6.40. The zero-order chi connectivity index (χ0) is 18.6. The van der Waals surface area contributed by atoms with Crippen LogP contribution in [0.25, 0.3) is 11.0 Å². The number of likely N-dealkylation sites (tertiary alicyclic amines) is 1. The maximum absolute atomic E-state index is 12.8. The summed E-state index contributed by atoms with van der Waals surface area (Å²) < 4.78 is 7.71. The fourth-order valence-corrected chi connectivity index (χ4v) is 3.29. The molecule has 1 saturated heterocycles. The number of piperidine rings is 1. The lowest BCUT2D eigenvalue weighted by Crippen LogP contribution is -2.45. The summed E-state index contributed by atoms with van der Waals surface area (Å²) >= 11 is 0. The molecule has 0 N–H and O–H groups in total. The highest BCUT2D eigenvalue weighted by Crippen LogP contribution is 2.19. The van der Waals surface area contributed by atoms with E-state index in [2.05, 4.69) is 15.0 Å². The number of para-hydroxylation sites is 2. The maximum Gasteiger partial charge on any atom is 0.251 e. The van der Waals surface area contributed by atoms with Crippen molar-refractivity contribution in [1.82, 2.24) is 24.4 Å². The molecule has 136 valence electrons. The summed E-state index contributed by atoms with van der Waals surface area (Å²) in [5, 5.41) is 9.11. The second-order valence-electron chi connectivity index (χ2n) is 6.40. The van der Waals surface area contributed by atoms with Crippen LogP contribution in [0.3, 0.4) is 0 Å². The first kappa shape index (κ1) is 17.0. The molecule has 2 aromatic heterocycles. The van der Waals surface area contributed by atoms with Crippen LogP contribution in [0.4, 0.5) is 0 Å². The average Bonchev–Trinajstić information content (AvgIpc) is 3.11. The minimum atomic E-state index is -0.203. The smallest absolute Gasteiger partial charge is 0.251 e. The Morgan fingerprint density at radius 1 is 1.26 bits per heavy atom. The summed E-state index contributed by atoms with van der Waals surface area (Å²) in [6.07, 6.45) is 6.08. The number of hydrogen-bond acceptors (Lipinski definition) is 6. The Morgan fingerprint density at radius 2 is 2.11 bits per heavy atom. The number of aromatic nitrogens is 4. The first-order chi connectivity index (χ1) is 13.2. The number of amides is 1. The Labute approximate surface area is 156 Å². The third kappa shape index (κ3) is 3.58. The fourth-order valence-electron chi connectivity index (χ4n) is 3.29. The van der Waals surface area contributed by atoms with Crippen molar-refractivity contribution in [2.24, 2.45) is 0 Å². The van der Waals surface area contributed by atoms with Crippen LogP contribution in [-0.2, 0) is 11.3 Å². The number of carbonyl (C=O) groups excluding carboxylic acids is 1.